The van der Waals surface area contributed by atoms with E-state index in [0.29, 0.717) is 11.4 Å². The number of nitrogens with zero attached hydrogens (tertiary/aromatic N) is 3. The maximum Gasteiger partial charge on any atom is 0.160 e. The lowest BCUT2D eigenvalue weighted by molar-refractivity contribution is 1.10. The summed E-state index contributed by atoms with van der Waals surface area (Å²) in [6.45, 7) is 0. The molecule has 15 heavy (non-hydrogen) atoms. The second-order valence-corrected chi connectivity index (χ2v) is 2.89. The lowest BCUT2D eigenvalue weighted by Crippen LogP contribution is -1.97. The first kappa shape index (κ1) is 9.16. The van der Waals surface area contributed by atoms with Crippen LogP contribution in [0.4, 0.5) is 0 Å². The number of hydrogen-bond acceptors (Lipinski definition) is 4. The summed E-state index contributed by atoms with van der Waals surface area (Å²) in [6, 6.07) is 1.98. The lowest BCUT2D eigenvalue weighted by Gasteiger charge is -1.99. The van der Waals surface area contributed by atoms with Crippen LogP contribution >= 0.6 is 0 Å². The Kier molecular flexibility index (Phi) is 2.56. The smallest absolute Gasteiger partial charge is 0.160 e. The summed E-state index contributed by atoms with van der Waals surface area (Å²) in [7, 11) is 0. The Morgan fingerprint density at radius 3 is 2.73 bits per heavy atom. The Morgan fingerprint density at radius 1 is 1.20 bits per heavy atom. The maximum atomic E-state index is 8.60. The van der Waals surface area contributed by atoms with Crippen molar-refractivity contribution < 1.29 is 0 Å². The van der Waals surface area contributed by atoms with Gasteiger partial charge in [-0.3, -0.25) is 0 Å². The molecule has 0 spiro atoms. The third kappa shape index (κ3) is 2.09. The molecule has 0 amide bonds. The van der Waals surface area contributed by atoms with Crippen LogP contribution in [0.1, 0.15) is 11.4 Å². The summed E-state index contributed by atoms with van der Waals surface area (Å²) in [4.78, 5) is 8.19. The molecule has 0 aromatic carbocycles. The maximum absolute atomic E-state index is 8.60. The van der Waals surface area contributed by atoms with Gasteiger partial charge in [0.1, 0.15) is 6.07 Å². The first-order valence-corrected chi connectivity index (χ1v) is 4.42. The molecule has 0 fully saturated rings. The number of allylic oxidation sites excluding steroid dienone is 4. The molecule has 4 heteroatoms. The van der Waals surface area contributed by atoms with Gasteiger partial charge in [0.15, 0.2) is 5.82 Å². The molecule has 72 valence electrons. The molecule has 0 atom stereocenters. The van der Waals surface area contributed by atoms with Crippen LogP contribution in [0.5, 0.6) is 0 Å². The van der Waals surface area contributed by atoms with Gasteiger partial charge in [-0.1, -0.05) is 6.08 Å². The fourth-order valence-electron chi connectivity index (χ4n) is 1.13. The predicted octanol–water partition coefficient (Wildman–Crippen LogP) is 1.36. The molecule has 1 N–H and O–H groups in total. The fourth-order valence-corrected chi connectivity index (χ4v) is 1.13. The molecule has 0 saturated carbocycles. The third-order valence-corrected chi connectivity index (χ3v) is 1.86. The number of aromatic nitrogens is 2. The van der Waals surface area contributed by atoms with E-state index >= 15 is 0 Å². The van der Waals surface area contributed by atoms with Gasteiger partial charge in [0.2, 0.25) is 0 Å². The van der Waals surface area contributed by atoms with Crippen LogP contribution in [-0.4, -0.2) is 9.97 Å². The first-order chi connectivity index (χ1) is 7.40. The second kappa shape index (κ2) is 4.20. The number of nitriles is 1. The minimum Gasteiger partial charge on any atom is -0.367 e. The Hall–Kier alpha value is -2.41. The average Bonchev–Trinajstić information content (AvgIpc) is 2.58. The minimum atomic E-state index is 0.461. The van der Waals surface area contributed by atoms with Gasteiger partial charge in [0.05, 0.1) is 5.56 Å². The Morgan fingerprint density at radius 2 is 2.00 bits per heavy atom. The normalized spacial score (nSPS) is 13.7. The second-order valence-electron chi connectivity index (χ2n) is 2.89. The molecule has 4 nitrogen and oxygen atoms in total. The van der Waals surface area contributed by atoms with Gasteiger partial charge in [0, 0.05) is 30.4 Å². The molecule has 2 heterocycles. The van der Waals surface area contributed by atoms with Crippen molar-refractivity contribution >= 4 is 5.57 Å². The third-order valence-electron chi connectivity index (χ3n) is 1.86. The van der Waals surface area contributed by atoms with E-state index in [1.165, 1.54) is 12.4 Å². The zero-order valence-electron chi connectivity index (χ0n) is 7.88. The van der Waals surface area contributed by atoms with Crippen LogP contribution in [-0.2, 0) is 0 Å². The highest BCUT2D eigenvalue weighted by Gasteiger charge is 2.02. The molecular formula is C11H8N4. The van der Waals surface area contributed by atoms with E-state index < -0.39 is 0 Å². The van der Waals surface area contributed by atoms with E-state index in [0.717, 1.165) is 5.57 Å². The highest BCUT2D eigenvalue weighted by atomic mass is 14.9. The number of rotatable bonds is 1. The quantitative estimate of drug-likeness (QED) is 0.736. The van der Waals surface area contributed by atoms with Gasteiger partial charge in [0.25, 0.3) is 0 Å². The number of hydrogen-bond donors (Lipinski definition) is 1. The topological polar surface area (TPSA) is 61.6 Å². The largest absolute Gasteiger partial charge is 0.367 e. The van der Waals surface area contributed by atoms with E-state index in [2.05, 4.69) is 15.3 Å². The van der Waals surface area contributed by atoms with Crippen LogP contribution in [0.2, 0.25) is 0 Å². The van der Waals surface area contributed by atoms with Gasteiger partial charge in [-0.05, 0) is 12.2 Å². The van der Waals surface area contributed by atoms with Gasteiger partial charge in [-0.2, -0.15) is 5.26 Å². The summed E-state index contributed by atoms with van der Waals surface area (Å²) in [5, 5.41) is 11.6. The van der Waals surface area contributed by atoms with Gasteiger partial charge in [-0.15, -0.1) is 0 Å². The van der Waals surface area contributed by atoms with Gasteiger partial charge >= 0.3 is 0 Å². The van der Waals surface area contributed by atoms with Crippen molar-refractivity contribution in [2.24, 2.45) is 0 Å². The molecule has 1 aliphatic rings. The van der Waals surface area contributed by atoms with Crippen molar-refractivity contribution in [3.63, 3.8) is 0 Å². The molecule has 2 rings (SSSR count). The fraction of sp³-hybridized carbons (Fsp3) is 0. The van der Waals surface area contributed by atoms with E-state index in [1.807, 2.05) is 30.5 Å². The summed E-state index contributed by atoms with van der Waals surface area (Å²) >= 11 is 0. The average molecular weight is 196 g/mol. The Balaban J connectivity index is 2.30. The van der Waals surface area contributed by atoms with Crippen LogP contribution < -0.4 is 5.32 Å². The standard InChI is InChI=1S/C11H8N4/c12-5-9-6-14-11(15-7-9)10-3-1-2-4-13-8-10/h1-4,6-8,13H. The lowest BCUT2D eigenvalue weighted by atomic mass is 10.2. The molecule has 0 radical (unpaired) electrons. The van der Waals surface area contributed by atoms with Crippen molar-refractivity contribution in [2.45, 2.75) is 0 Å². The van der Waals surface area contributed by atoms with Crippen LogP contribution in [0.15, 0.2) is 43.0 Å². The molecule has 1 aliphatic heterocycles. The van der Waals surface area contributed by atoms with E-state index in [9.17, 15) is 0 Å². The van der Waals surface area contributed by atoms with Crippen LogP contribution in [0, 0.1) is 11.3 Å². The molecule has 1 aromatic rings. The van der Waals surface area contributed by atoms with Gasteiger partial charge in [-0.25, -0.2) is 9.97 Å². The molecular weight excluding hydrogens is 188 g/mol. The van der Waals surface area contributed by atoms with Crippen LogP contribution in [0.25, 0.3) is 5.57 Å². The van der Waals surface area contributed by atoms with Crippen LogP contribution in [0.3, 0.4) is 0 Å². The van der Waals surface area contributed by atoms with Crippen molar-refractivity contribution in [3.8, 4) is 6.07 Å². The monoisotopic (exact) mass is 196 g/mol. The highest BCUT2D eigenvalue weighted by Crippen LogP contribution is 2.11. The first-order valence-electron chi connectivity index (χ1n) is 4.42. The zero-order valence-corrected chi connectivity index (χ0v) is 7.88. The molecule has 0 bridgehead atoms. The Labute approximate surface area is 87.3 Å². The zero-order chi connectivity index (χ0) is 10.5. The van der Waals surface area contributed by atoms with Crippen molar-refractivity contribution in [1.29, 1.82) is 5.26 Å². The number of nitrogens with one attached hydrogen (secondary N) is 1. The van der Waals surface area contributed by atoms with Crippen molar-refractivity contribution in [2.75, 3.05) is 0 Å². The van der Waals surface area contributed by atoms with E-state index in [1.54, 1.807) is 6.20 Å². The minimum absolute atomic E-state index is 0.461. The van der Waals surface area contributed by atoms with E-state index in [-0.39, 0.29) is 0 Å². The highest BCUT2D eigenvalue weighted by molar-refractivity contribution is 5.70. The van der Waals surface area contributed by atoms with Gasteiger partial charge < -0.3 is 5.32 Å². The summed E-state index contributed by atoms with van der Waals surface area (Å²) < 4.78 is 0. The molecule has 0 saturated heterocycles. The summed E-state index contributed by atoms with van der Waals surface area (Å²) in [5.41, 5.74) is 1.34. The predicted molar refractivity (Wildman–Crippen MR) is 56.1 cm³/mol. The SMILES string of the molecule is N#Cc1cnc(C2=CNC=CC=C2)nc1. The van der Waals surface area contributed by atoms with E-state index in [4.69, 9.17) is 5.26 Å². The van der Waals surface area contributed by atoms with Crippen molar-refractivity contribution in [1.82, 2.24) is 15.3 Å². The molecule has 0 aliphatic carbocycles. The summed E-state index contributed by atoms with van der Waals surface area (Å²) in [5.74, 6) is 0.599. The summed E-state index contributed by atoms with van der Waals surface area (Å²) in [6.07, 6.45) is 12.3. The molecule has 1 aromatic heterocycles. The van der Waals surface area contributed by atoms with Crippen molar-refractivity contribution in [3.05, 3.63) is 54.4 Å². The molecule has 0 unspecified atom stereocenters. The Bertz CT molecular complexity index is 474.